The third kappa shape index (κ3) is 5.71. The largest absolute Gasteiger partial charge is 0.328 e. The van der Waals surface area contributed by atoms with E-state index in [1.165, 1.54) is 51.5 Å². The summed E-state index contributed by atoms with van der Waals surface area (Å²) >= 11 is 0. The van der Waals surface area contributed by atoms with Gasteiger partial charge < -0.3 is 10.6 Å². The molecule has 2 N–H and O–H groups in total. The van der Waals surface area contributed by atoms with Crippen molar-refractivity contribution in [1.82, 2.24) is 4.90 Å². The van der Waals surface area contributed by atoms with Gasteiger partial charge in [-0.1, -0.05) is 33.1 Å². The van der Waals surface area contributed by atoms with Crippen molar-refractivity contribution in [3.63, 3.8) is 0 Å². The standard InChI is InChI=1S/C16H34N2/c1-13(8-7-10-15(3)17)12-18(4)16-11-6-5-9-14(16)2/h13-16H,5-12,17H2,1-4H3. The monoisotopic (exact) mass is 254 g/mol. The van der Waals surface area contributed by atoms with Gasteiger partial charge in [-0.2, -0.15) is 0 Å². The van der Waals surface area contributed by atoms with Gasteiger partial charge in [-0.05, 0) is 51.5 Å². The van der Waals surface area contributed by atoms with Crippen molar-refractivity contribution in [1.29, 1.82) is 0 Å². The molecular weight excluding hydrogens is 220 g/mol. The molecule has 1 saturated carbocycles. The smallest absolute Gasteiger partial charge is 0.0118 e. The maximum absolute atomic E-state index is 5.80. The highest BCUT2D eigenvalue weighted by Crippen LogP contribution is 2.28. The van der Waals surface area contributed by atoms with Crippen molar-refractivity contribution >= 4 is 0 Å². The Hall–Kier alpha value is -0.0800. The van der Waals surface area contributed by atoms with Gasteiger partial charge in [-0.3, -0.25) is 0 Å². The van der Waals surface area contributed by atoms with E-state index in [0.29, 0.717) is 6.04 Å². The van der Waals surface area contributed by atoms with E-state index in [4.69, 9.17) is 5.73 Å². The average molecular weight is 254 g/mol. The Morgan fingerprint density at radius 2 is 1.83 bits per heavy atom. The summed E-state index contributed by atoms with van der Waals surface area (Å²) in [5.41, 5.74) is 5.80. The summed E-state index contributed by atoms with van der Waals surface area (Å²) in [6.45, 7) is 8.20. The second-order valence-electron chi connectivity index (χ2n) is 6.78. The van der Waals surface area contributed by atoms with Crippen LogP contribution in [0.5, 0.6) is 0 Å². The summed E-state index contributed by atoms with van der Waals surface area (Å²) in [7, 11) is 2.33. The summed E-state index contributed by atoms with van der Waals surface area (Å²) in [6.07, 6.45) is 9.49. The number of nitrogens with two attached hydrogens (primary N) is 1. The molecule has 0 bridgehead atoms. The van der Waals surface area contributed by atoms with E-state index in [-0.39, 0.29) is 0 Å². The first-order chi connectivity index (χ1) is 8.50. The molecule has 0 amide bonds. The zero-order chi connectivity index (χ0) is 13.5. The van der Waals surface area contributed by atoms with Gasteiger partial charge in [0.15, 0.2) is 0 Å². The van der Waals surface area contributed by atoms with Crippen molar-refractivity contribution in [2.45, 2.75) is 77.8 Å². The lowest BCUT2D eigenvalue weighted by molar-refractivity contribution is 0.122. The van der Waals surface area contributed by atoms with E-state index in [9.17, 15) is 0 Å². The summed E-state index contributed by atoms with van der Waals surface area (Å²) in [5, 5.41) is 0. The molecule has 0 aromatic carbocycles. The van der Waals surface area contributed by atoms with E-state index in [1.807, 2.05) is 0 Å². The first-order valence-corrected chi connectivity index (χ1v) is 7.96. The Morgan fingerprint density at radius 1 is 1.17 bits per heavy atom. The fourth-order valence-electron chi connectivity index (χ4n) is 3.46. The predicted molar refractivity (Wildman–Crippen MR) is 80.7 cm³/mol. The summed E-state index contributed by atoms with van der Waals surface area (Å²) in [4.78, 5) is 2.63. The number of nitrogens with zero attached hydrogens (tertiary/aromatic N) is 1. The van der Waals surface area contributed by atoms with Crippen LogP contribution < -0.4 is 5.73 Å². The van der Waals surface area contributed by atoms with Crippen molar-refractivity contribution in [2.24, 2.45) is 17.6 Å². The van der Waals surface area contributed by atoms with Gasteiger partial charge in [0.2, 0.25) is 0 Å². The molecule has 4 unspecified atom stereocenters. The highest BCUT2D eigenvalue weighted by atomic mass is 15.1. The Bertz CT molecular complexity index is 215. The minimum atomic E-state index is 0.369. The van der Waals surface area contributed by atoms with Crippen LogP contribution in [-0.2, 0) is 0 Å². The van der Waals surface area contributed by atoms with Gasteiger partial charge in [0, 0.05) is 18.6 Å². The minimum absolute atomic E-state index is 0.369. The van der Waals surface area contributed by atoms with Crippen LogP contribution in [0.3, 0.4) is 0 Å². The summed E-state index contributed by atoms with van der Waals surface area (Å²) < 4.78 is 0. The molecule has 1 rings (SSSR count). The van der Waals surface area contributed by atoms with E-state index < -0.39 is 0 Å². The number of rotatable bonds is 7. The normalized spacial score (nSPS) is 28.3. The molecule has 0 spiro atoms. The van der Waals surface area contributed by atoms with E-state index >= 15 is 0 Å². The fraction of sp³-hybridized carbons (Fsp3) is 1.00. The Balaban J connectivity index is 2.23. The Morgan fingerprint density at radius 3 is 2.44 bits per heavy atom. The molecule has 108 valence electrons. The van der Waals surface area contributed by atoms with Gasteiger partial charge in [0.05, 0.1) is 0 Å². The third-order valence-electron chi connectivity index (χ3n) is 4.59. The molecule has 0 heterocycles. The molecule has 4 atom stereocenters. The molecule has 0 aromatic rings. The molecule has 2 heteroatoms. The van der Waals surface area contributed by atoms with Crippen LogP contribution in [0.15, 0.2) is 0 Å². The summed E-state index contributed by atoms with van der Waals surface area (Å²) in [5.74, 6) is 1.70. The van der Waals surface area contributed by atoms with Crippen LogP contribution in [-0.4, -0.2) is 30.6 Å². The zero-order valence-electron chi connectivity index (χ0n) is 13.0. The maximum atomic E-state index is 5.80. The van der Waals surface area contributed by atoms with Gasteiger partial charge in [0.1, 0.15) is 0 Å². The Kier molecular flexibility index (Phi) is 7.25. The molecule has 0 aliphatic heterocycles. The number of hydrogen-bond acceptors (Lipinski definition) is 2. The fourth-order valence-corrected chi connectivity index (χ4v) is 3.46. The van der Waals surface area contributed by atoms with Gasteiger partial charge in [-0.25, -0.2) is 0 Å². The second-order valence-corrected chi connectivity index (χ2v) is 6.78. The van der Waals surface area contributed by atoms with Crippen LogP contribution >= 0.6 is 0 Å². The molecule has 0 saturated heterocycles. The van der Waals surface area contributed by atoms with E-state index in [0.717, 1.165) is 17.9 Å². The molecule has 0 aromatic heterocycles. The lowest BCUT2D eigenvalue weighted by Crippen LogP contribution is -2.41. The van der Waals surface area contributed by atoms with Gasteiger partial charge in [0.25, 0.3) is 0 Å². The molecule has 18 heavy (non-hydrogen) atoms. The molecular formula is C16H34N2. The predicted octanol–water partition coefficient (Wildman–Crippen LogP) is 3.65. The van der Waals surface area contributed by atoms with Crippen molar-refractivity contribution in [3.05, 3.63) is 0 Å². The SMILES string of the molecule is CC(N)CCCC(C)CN(C)C1CCCCC1C. The zero-order valence-corrected chi connectivity index (χ0v) is 13.0. The van der Waals surface area contributed by atoms with Crippen molar-refractivity contribution < 1.29 is 0 Å². The molecule has 2 nitrogen and oxygen atoms in total. The topological polar surface area (TPSA) is 29.3 Å². The van der Waals surface area contributed by atoms with Crippen LogP contribution in [0.1, 0.15) is 65.7 Å². The van der Waals surface area contributed by atoms with E-state index in [1.54, 1.807) is 0 Å². The Labute approximate surface area is 114 Å². The molecule has 1 fully saturated rings. The molecule has 1 aliphatic rings. The van der Waals surface area contributed by atoms with Crippen molar-refractivity contribution in [3.8, 4) is 0 Å². The minimum Gasteiger partial charge on any atom is -0.328 e. The highest BCUT2D eigenvalue weighted by molar-refractivity contribution is 4.80. The van der Waals surface area contributed by atoms with Crippen LogP contribution in [0.2, 0.25) is 0 Å². The van der Waals surface area contributed by atoms with Crippen molar-refractivity contribution in [2.75, 3.05) is 13.6 Å². The number of hydrogen-bond donors (Lipinski definition) is 1. The lowest BCUT2D eigenvalue weighted by Gasteiger charge is -2.37. The quantitative estimate of drug-likeness (QED) is 0.751. The van der Waals surface area contributed by atoms with Crippen LogP contribution in [0.4, 0.5) is 0 Å². The maximum Gasteiger partial charge on any atom is 0.0118 e. The molecule has 0 radical (unpaired) electrons. The van der Waals surface area contributed by atoms with Crippen LogP contribution in [0.25, 0.3) is 0 Å². The second kappa shape index (κ2) is 8.16. The lowest BCUT2D eigenvalue weighted by atomic mass is 9.84. The average Bonchev–Trinajstić information content (AvgIpc) is 2.28. The third-order valence-corrected chi connectivity index (χ3v) is 4.59. The molecule has 1 aliphatic carbocycles. The van der Waals surface area contributed by atoms with Gasteiger partial charge >= 0.3 is 0 Å². The first kappa shape index (κ1) is 16.0. The summed E-state index contributed by atoms with van der Waals surface area (Å²) in [6, 6.07) is 1.20. The van der Waals surface area contributed by atoms with E-state index in [2.05, 4.69) is 32.7 Å². The van der Waals surface area contributed by atoms with Gasteiger partial charge in [-0.15, -0.1) is 0 Å². The van der Waals surface area contributed by atoms with Crippen LogP contribution in [0, 0.1) is 11.8 Å². The highest BCUT2D eigenvalue weighted by Gasteiger charge is 2.25. The first-order valence-electron chi connectivity index (χ1n) is 7.96.